The Balaban J connectivity index is 1.49. The average molecular weight is 456 g/mol. The summed E-state index contributed by atoms with van der Waals surface area (Å²) in [5, 5.41) is 18.5. The third kappa shape index (κ3) is 3.26. The van der Waals surface area contributed by atoms with E-state index in [0.717, 1.165) is 11.1 Å². The number of imide groups is 1. The summed E-state index contributed by atoms with van der Waals surface area (Å²) in [4.78, 5) is 39.8. The topological polar surface area (TPSA) is 129 Å². The molecule has 170 valence electrons. The van der Waals surface area contributed by atoms with Crippen LogP contribution in [0.1, 0.15) is 27.2 Å². The number of nitrogens with zero attached hydrogens (tertiary/aromatic N) is 4. The van der Waals surface area contributed by atoms with E-state index in [2.05, 4.69) is 21.8 Å². The Labute approximate surface area is 194 Å². The van der Waals surface area contributed by atoms with Crippen LogP contribution in [0.3, 0.4) is 0 Å². The summed E-state index contributed by atoms with van der Waals surface area (Å²) < 4.78 is 6.78. The normalized spacial score (nSPS) is 19.0. The maximum absolute atomic E-state index is 13.1. The van der Waals surface area contributed by atoms with Gasteiger partial charge in [0.1, 0.15) is 11.8 Å². The quantitative estimate of drug-likeness (QED) is 0.562. The molecule has 0 unspecified atom stereocenters. The lowest BCUT2D eigenvalue weighted by Crippen LogP contribution is -2.52. The molecule has 10 nitrogen and oxygen atoms in total. The van der Waals surface area contributed by atoms with Crippen molar-refractivity contribution in [3.8, 4) is 22.9 Å². The fraction of sp³-hybridized carbons (Fsp3) is 0.208. The van der Waals surface area contributed by atoms with Crippen LogP contribution in [0.25, 0.3) is 11.1 Å². The van der Waals surface area contributed by atoms with Gasteiger partial charge < -0.3 is 15.0 Å². The van der Waals surface area contributed by atoms with Crippen molar-refractivity contribution in [1.82, 2.24) is 25.3 Å². The van der Waals surface area contributed by atoms with E-state index in [9.17, 15) is 19.6 Å². The molecule has 1 atom stereocenters. The molecule has 1 saturated heterocycles. The molecule has 5 rings (SSSR count). The van der Waals surface area contributed by atoms with Crippen LogP contribution in [-0.2, 0) is 23.9 Å². The molecule has 2 aliphatic rings. The van der Waals surface area contributed by atoms with Gasteiger partial charge in [-0.2, -0.15) is 10.4 Å². The summed E-state index contributed by atoms with van der Waals surface area (Å²) in [7, 11) is 3.26. The first-order chi connectivity index (χ1) is 16.3. The van der Waals surface area contributed by atoms with Crippen molar-refractivity contribution in [2.24, 2.45) is 7.05 Å². The van der Waals surface area contributed by atoms with Gasteiger partial charge in [0.25, 0.3) is 11.8 Å². The molecule has 4 amide bonds. The van der Waals surface area contributed by atoms with Gasteiger partial charge in [0, 0.05) is 30.9 Å². The lowest BCUT2D eigenvalue weighted by molar-refractivity contribution is -0.124. The fourth-order valence-corrected chi connectivity index (χ4v) is 4.50. The zero-order valence-corrected chi connectivity index (χ0v) is 18.5. The molecular formula is C24H20N6O4. The van der Waals surface area contributed by atoms with Crippen molar-refractivity contribution in [3.05, 3.63) is 71.0 Å². The van der Waals surface area contributed by atoms with E-state index >= 15 is 0 Å². The van der Waals surface area contributed by atoms with Gasteiger partial charge in [-0.25, -0.2) is 4.79 Å². The molecule has 2 aliphatic heterocycles. The second-order valence-electron chi connectivity index (χ2n) is 8.25. The number of benzene rings is 2. The van der Waals surface area contributed by atoms with E-state index in [1.165, 1.54) is 12.0 Å². The van der Waals surface area contributed by atoms with Crippen LogP contribution < -0.4 is 15.4 Å². The van der Waals surface area contributed by atoms with Crippen LogP contribution in [0.5, 0.6) is 5.75 Å². The zero-order chi connectivity index (χ0) is 24.0. The number of aryl methyl sites for hydroxylation is 1. The Morgan fingerprint density at radius 3 is 2.56 bits per heavy atom. The molecule has 2 N–H and O–H groups in total. The number of ether oxygens (including phenoxy) is 1. The summed E-state index contributed by atoms with van der Waals surface area (Å²) in [5.41, 5.74) is 2.08. The van der Waals surface area contributed by atoms with E-state index in [0.29, 0.717) is 29.0 Å². The first-order valence-corrected chi connectivity index (χ1v) is 10.5. The molecule has 0 spiro atoms. The molecule has 2 aromatic carbocycles. The summed E-state index contributed by atoms with van der Waals surface area (Å²) in [6.07, 6.45) is 1.74. The molecule has 34 heavy (non-hydrogen) atoms. The van der Waals surface area contributed by atoms with Crippen molar-refractivity contribution in [2.75, 3.05) is 13.7 Å². The molecular weight excluding hydrogens is 436 g/mol. The Kier molecular flexibility index (Phi) is 4.83. The van der Waals surface area contributed by atoms with Crippen LogP contribution in [-0.4, -0.2) is 46.2 Å². The van der Waals surface area contributed by atoms with Crippen LogP contribution in [0.15, 0.2) is 48.7 Å². The molecule has 0 bridgehead atoms. The number of rotatable bonds is 5. The number of nitriles is 1. The smallest absolute Gasteiger partial charge is 0.322 e. The number of hydrogen-bond donors (Lipinski definition) is 2. The second-order valence-corrected chi connectivity index (χ2v) is 8.25. The highest BCUT2D eigenvalue weighted by Crippen LogP contribution is 2.33. The Hall–Kier alpha value is -4.65. The SMILES string of the molecule is COc1ccc2c(c1)C(=O)N(C[C@@]1(c3ccc(-c4cn(C)nc4C#N)cc3)NC(=O)NC1=O)C2. The van der Waals surface area contributed by atoms with E-state index in [-0.39, 0.29) is 18.1 Å². The van der Waals surface area contributed by atoms with Gasteiger partial charge in [0.05, 0.1) is 13.7 Å². The number of hydrogen-bond acceptors (Lipinski definition) is 6. The number of urea groups is 1. The molecule has 1 fully saturated rings. The van der Waals surface area contributed by atoms with E-state index in [1.54, 1.807) is 54.3 Å². The molecule has 3 heterocycles. The van der Waals surface area contributed by atoms with Crippen LogP contribution in [0, 0.1) is 11.3 Å². The number of aromatic nitrogens is 2. The third-order valence-electron chi connectivity index (χ3n) is 6.19. The average Bonchev–Trinajstić information content (AvgIpc) is 3.46. The Morgan fingerprint density at radius 2 is 1.91 bits per heavy atom. The number of methoxy groups -OCH3 is 1. The number of fused-ring (bicyclic) bond motifs is 1. The van der Waals surface area contributed by atoms with E-state index in [4.69, 9.17) is 4.74 Å². The Morgan fingerprint density at radius 1 is 1.15 bits per heavy atom. The first-order valence-electron chi connectivity index (χ1n) is 10.5. The molecule has 3 aromatic rings. The van der Waals surface area contributed by atoms with Gasteiger partial charge >= 0.3 is 6.03 Å². The maximum atomic E-state index is 13.1. The summed E-state index contributed by atoms with van der Waals surface area (Å²) in [6, 6.07) is 13.7. The summed E-state index contributed by atoms with van der Waals surface area (Å²) >= 11 is 0. The minimum atomic E-state index is -1.45. The number of carbonyl (C=O) groups is 3. The van der Waals surface area contributed by atoms with Crippen molar-refractivity contribution in [1.29, 1.82) is 5.26 Å². The summed E-state index contributed by atoms with van der Waals surface area (Å²) in [5.74, 6) is -0.211. The summed E-state index contributed by atoms with van der Waals surface area (Å²) in [6.45, 7) is 0.262. The molecule has 1 aromatic heterocycles. The third-order valence-corrected chi connectivity index (χ3v) is 6.19. The van der Waals surface area contributed by atoms with Gasteiger partial charge in [-0.05, 0) is 28.8 Å². The van der Waals surface area contributed by atoms with E-state index < -0.39 is 17.5 Å². The predicted molar refractivity (Wildman–Crippen MR) is 119 cm³/mol. The van der Waals surface area contributed by atoms with Crippen molar-refractivity contribution in [2.45, 2.75) is 12.1 Å². The van der Waals surface area contributed by atoms with Crippen LogP contribution >= 0.6 is 0 Å². The second kappa shape index (κ2) is 7.74. The minimum absolute atomic E-state index is 0.0455. The predicted octanol–water partition coefficient (Wildman–Crippen LogP) is 1.66. The van der Waals surface area contributed by atoms with Gasteiger partial charge in [-0.1, -0.05) is 30.3 Å². The van der Waals surface area contributed by atoms with Crippen LogP contribution in [0.2, 0.25) is 0 Å². The highest BCUT2D eigenvalue weighted by molar-refractivity contribution is 6.08. The van der Waals surface area contributed by atoms with Gasteiger partial charge in [-0.3, -0.25) is 19.6 Å². The lowest BCUT2D eigenvalue weighted by atomic mass is 9.88. The fourth-order valence-electron chi connectivity index (χ4n) is 4.50. The van der Waals surface area contributed by atoms with Gasteiger partial charge in [0.15, 0.2) is 11.2 Å². The van der Waals surface area contributed by atoms with Crippen molar-refractivity contribution >= 4 is 17.8 Å². The van der Waals surface area contributed by atoms with Crippen LogP contribution in [0.4, 0.5) is 4.79 Å². The van der Waals surface area contributed by atoms with Gasteiger partial charge in [-0.15, -0.1) is 0 Å². The maximum Gasteiger partial charge on any atom is 0.322 e. The highest BCUT2D eigenvalue weighted by Gasteiger charge is 2.50. The molecule has 0 radical (unpaired) electrons. The van der Waals surface area contributed by atoms with Crippen molar-refractivity contribution in [3.63, 3.8) is 0 Å². The standard InChI is InChI=1S/C24H20N6O4/c1-29-12-19(20(10-25)28-29)14-3-6-16(7-4-14)24(22(32)26-23(33)27-24)13-30-11-15-5-8-17(34-2)9-18(15)21(30)31/h3-9,12H,11,13H2,1-2H3,(H2,26,27,32,33)/t24-/m0/s1. The Bertz CT molecular complexity index is 1390. The molecule has 0 aliphatic carbocycles. The first kappa shape index (κ1) is 21.2. The minimum Gasteiger partial charge on any atom is -0.497 e. The monoisotopic (exact) mass is 456 g/mol. The largest absolute Gasteiger partial charge is 0.497 e. The van der Waals surface area contributed by atoms with E-state index in [1.807, 2.05) is 6.07 Å². The number of carbonyl (C=O) groups excluding carboxylic acids is 3. The molecule has 10 heteroatoms. The van der Waals surface area contributed by atoms with Crippen molar-refractivity contribution < 1.29 is 19.1 Å². The zero-order valence-electron chi connectivity index (χ0n) is 18.5. The molecule has 0 saturated carbocycles. The lowest BCUT2D eigenvalue weighted by Gasteiger charge is -2.31. The number of nitrogens with one attached hydrogen (secondary N) is 2. The van der Waals surface area contributed by atoms with Gasteiger partial charge in [0.2, 0.25) is 0 Å². The number of amides is 4. The highest BCUT2D eigenvalue weighted by atomic mass is 16.5.